The monoisotopic (exact) mass is 479 g/mol. The molecule has 162 valence electrons. The van der Waals surface area contributed by atoms with Crippen LogP contribution in [0.1, 0.15) is 17.2 Å². The second kappa shape index (κ2) is 9.15. The molecule has 3 aromatic rings. The molecule has 0 heterocycles. The summed E-state index contributed by atoms with van der Waals surface area (Å²) in [6, 6.07) is 16.4. The molecule has 0 radical (unpaired) electrons. The van der Waals surface area contributed by atoms with Gasteiger partial charge in [0.15, 0.2) is 0 Å². The fourth-order valence-corrected chi connectivity index (χ4v) is 5.01. The van der Waals surface area contributed by atoms with E-state index in [0.29, 0.717) is 5.56 Å². The molecule has 1 amide bonds. The van der Waals surface area contributed by atoms with Crippen LogP contribution in [0.25, 0.3) is 0 Å². The van der Waals surface area contributed by atoms with Crippen molar-refractivity contribution in [1.29, 1.82) is 0 Å². The van der Waals surface area contributed by atoms with E-state index in [-0.39, 0.29) is 31.9 Å². The number of halogens is 2. The van der Waals surface area contributed by atoms with Gasteiger partial charge in [0.25, 0.3) is 10.0 Å². The Hall–Kier alpha value is -2.78. The molecule has 0 saturated heterocycles. The first kappa shape index (κ1) is 22.9. The first-order valence-electron chi connectivity index (χ1n) is 9.00. The van der Waals surface area contributed by atoms with Gasteiger partial charge in [-0.15, -0.1) is 0 Å². The van der Waals surface area contributed by atoms with Crippen molar-refractivity contribution in [1.82, 2.24) is 0 Å². The molecule has 3 rings (SSSR count). The number of hydrogen-bond donors (Lipinski definition) is 3. The molecular weight excluding hydrogens is 461 g/mol. The zero-order valence-electron chi connectivity index (χ0n) is 16.1. The number of anilines is 2. The number of nitrogens with zero attached hydrogens (tertiary/aromatic N) is 1. The summed E-state index contributed by atoms with van der Waals surface area (Å²) in [6.45, 7) is -0.666. The van der Waals surface area contributed by atoms with Gasteiger partial charge in [0.1, 0.15) is 12.6 Å². The maximum absolute atomic E-state index is 13.4. The predicted molar refractivity (Wildman–Crippen MR) is 122 cm³/mol. The number of aliphatic hydroxyl groups excluding tert-OH is 1. The summed E-state index contributed by atoms with van der Waals surface area (Å²) in [6.07, 6.45) is -1.33. The Morgan fingerprint density at radius 2 is 1.71 bits per heavy atom. The molecule has 0 spiro atoms. The minimum atomic E-state index is -4.27. The molecule has 0 aromatic heterocycles. The van der Waals surface area contributed by atoms with Crippen molar-refractivity contribution in [3.8, 4) is 0 Å². The Morgan fingerprint density at radius 1 is 1.00 bits per heavy atom. The lowest BCUT2D eigenvalue weighted by molar-refractivity contribution is -0.116. The van der Waals surface area contributed by atoms with Crippen molar-refractivity contribution >= 4 is 50.5 Å². The Bertz CT molecular complexity index is 1230. The van der Waals surface area contributed by atoms with Crippen LogP contribution in [0.15, 0.2) is 71.6 Å². The quantitative estimate of drug-likeness (QED) is 0.447. The Kier molecular flexibility index (Phi) is 6.76. The summed E-state index contributed by atoms with van der Waals surface area (Å²) in [4.78, 5) is 11.6. The summed E-state index contributed by atoms with van der Waals surface area (Å²) in [5.74, 6) is -0.888. The molecule has 10 heteroatoms. The Labute approximate surface area is 189 Å². The van der Waals surface area contributed by atoms with E-state index in [2.05, 4.69) is 0 Å². The van der Waals surface area contributed by atoms with Crippen LogP contribution in [0.5, 0.6) is 0 Å². The lowest BCUT2D eigenvalue weighted by atomic mass is 9.99. The molecule has 0 aliphatic rings. The maximum Gasteiger partial charge on any atom is 0.264 e. The molecule has 0 bridgehead atoms. The summed E-state index contributed by atoms with van der Waals surface area (Å²) in [5, 5.41) is 11.6. The van der Waals surface area contributed by atoms with Gasteiger partial charge in [-0.05, 0) is 42.5 Å². The topological polar surface area (TPSA) is 127 Å². The number of carbonyl (C=O) groups excluding carboxylic acids is 1. The molecule has 31 heavy (non-hydrogen) atoms. The van der Waals surface area contributed by atoms with Gasteiger partial charge in [0, 0.05) is 26.9 Å². The van der Waals surface area contributed by atoms with Gasteiger partial charge in [-0.1, -0.05) is 47.5 Å². The highest BCUT2D eigenvalue weighted by Crippen LogP contribution is 2.37. The minimum Gasteiger partial charge on any atom is -0.399 e. The number of hydrogen-bond acceptors (Lipinski definition) is 5. The number of amides is 1. The molecule has 1 unspecified atom stereocenters. The van der Waals surface area contributed by atoms with Crippen molar-refractivity contribution in [2.45, 2.75) is 11.0 Å². The molecular formula is C21H19Cl2N3O4S. The summed E-state index contributed by atoms with van der Waals surface area (Å²) >= 11 is 12.3. The van der Waals surface area contributed by atoms with Gasteiger partial charge in [-0.2, -0.15) is 0 Å². The van der Waals surface area contributed by atoms with E-state index in [1.807, 2.05) is 0 Å². The SMILES string of the molecule is NC(=O)CN(c1ccc(Cl)cc1C(O)c1ccccc1Cl)S(=O)(=O)c1cccc(N)c1. The van der Waals surface area contributed by atoms with Crippen LogP contribution in [-0.4, -0.2) is 26.0 Å². The van der Waals surface area contributed by atoms with Crippen LogP contribution in [0.2, 0.25) is 10.0 Å². The molecule has 7 nitrogen and oxygen atoms in total. The van der Waals surface area contributed by atoms with Gasteiger partial charge >= 0.3 is 0 Å². The van der Waals surface area contributed by atoms with E-state index >= 15 is 0 Å². The van der Waals surface area contributed by atoms with Crippen molar-refractivity contribution in [2.75, 3.05) is 16.6 Å². The molecule has 3 aromatic carbocycles. The summed E-state index contributed by atoms with van der Waals surface area (Å²) in [7, 11) is -4.27. The Balaban J connectivity index is 2.21. The maximum atomic E-state index is 13.4. The fourth-order valence-electron chi connectivity index (χ4n) is 3.08. The number of rotatable bonds is 7. The van der Waals surface area contributed by atoms with E-state index in [4.69, 9.17) is 34.7 Å². The predicted octanol–water partition coefficient (Wildman–Crippen LogP) is 3.34. The van der Waals surface area contributed by atoms with Crippen LogP contribution >= 0.6 is 23.2 Å². The number of benzene rings is 3. The minimum absolute atomic E-state index is 0.0260. The largest absolute Gasteiger partial charge is 0.399 e. The highest BCUT2D eigenvalue weighted by Gasteiger charge is 2.30. The van der Waals surface area contributed by atoms with Gasteiger partial charge in [0.05, 0.1) is 10.6 Å². The number of carbonyl (C=O) groups is 1. The lowest BCUT2D eigenvalue weighted by Crippen LogP contribution is -2.39. The van der Waals surface area contributed by atoms with Crippen molar-refractivity contribution in [3.05, 3.63) is 87.9 Å². The zero-order chi connectivity index (χ0) is 22.8. The lowest BCUT2D eigenvalue weighted by Gasteiger charge is -2.27. The molecule has 0 aliphatic heterocycles. The number of aliphatic hydroxyl groups is 1. The molecule has 0 aliphatic carbocycles. The van der Waals surface area contributed by atoms with Crippen LogP contribution in [0.4, 0.5) is 11.4 Å². The number of nitrogen functional groups attached to an aromatic ring is 1. The second-order valence-electron chi connectivity index (χ2n) is 6.68. The second-order valence-corrected chi connectivity index (χ2v) is 9.38. The summed E-state index contributed by atoms with van der Waals surface area (Å²) < 4.78 is 27.6. The van der Waals surface area contributed by atoms with Crippen molar-refractivity contribution in [2.24, 2.45) is 5.73 Å². The standard InChI is InChI=1S/C21H19Cl2N3O4S/c22-13-8-9-19(17(10-13)21(28)16-6-1-2-7-18(16)23)26(12-20(25)27)31(29,30)15-5-3-4-14(24)11-15/h1-11,21,28H,12,24H2,(H2,25,27). The average Bonchev–Trinajstić information content (AvgIpc) is 2.72. The highest BCUT2D eigenvalue weighted by molar-refractivity contribution is 7.92. The summed E-state index contributed by atoms with van der Waals surface area (Å²) in [5.41, 5.74) is 11.8. The molecule has 1 atom stereocenters. The van der Waals surface area contributed by atoms with Crippen LogP contribution < -0.4 is 15.8 Å². The first-order valence-corrected chi connectivity index (χ1v) is 11.2. The third kappa shape index (κ3) is 4.94. The van der Waals surface area contributed by atoms with Crippen LogP contribution in [-0.2, 0) is 14.8 Å². The molecule has 0 fully saturated rings. The van der Waals surface area contributed by atoms with Crippen molar-refractivity contribution in [3.63, 3.8) is 0 Å². The Morgan fingerprint density at radius 3 is 2.35 bits per heavy atom. The van der Waals surface area contributed by atoms with E-state index in [1.54, 1.807) is 24.3 Å². The third-order valence-corrected chi connectivity index (χ3v) is 6.83. The number of primary amides is 1. The third-order valence-electron chi connectivity index (χ3n) is 4.50. The van der Waals surface area contributed by atoms with Crippen LogP contribution in [0, 0.1) is 0 Å². The van der Waals surface area contributed by atoms with E-state index < -0.39 is 28.6 Å². The van der Waals surface area contributed by atoms with E-state index in [0.717, 1.165) is 4.31 Å². The van der Waals surface area contributed by atoms with Gasteiger partial charge in [0.2, 0.25) is 5.91 Å². The highest BCUT2D eigenvalue weighted by atomic mass is 35.5. The van der Waals surface area contributed by atoms with E-state index in [1.165, 1.54) is 42.5 Å². The number of sulfonamides is 1. The smallest absolute Gasteiger partial charge is 0.264 e. The first-order chi connectivity index (χ1) is 14.6. The zero-order valence-corrected chi connectivity index (χ0v) is 18.4. The normalized spacial score (nSPS) is 12.4. The van der Waals surface area contributed by atoms with Gasteiger partial charge < -0.3 is 16.6 Å². The van der Waals surface area contributed by atoms with Gasteiger partial charge in [-0.3, -0.25) is 9.10 Å². The fraction of sp³-hybridized carbons (Fsp3) is 0.0952. The van der Waals surface area contributed by atoms with Gasteiger partial charge in [-0.25, -0.2) is 8.42 Å². The van der Waals surface area contributed by atoms with E-state index in [9.17, 15) is 18.3 Å². The van der Waals surface area contributed by atoms with Crippen molar-refractivity contribution < 1.29 is 18.3 Å². The molecule has 5 N–H and O–H groups in total. The van der Waals surface area contributed by atoms with Crippen LogP contribution in [0.3, 0.4) is 0 Å². The molecule has 0 saturated carbocycles. The number of nitrogens with two attached hydrogens (primary N) is 2. The average molecular weight is 480 g/mol.